The summed E-state index contributed by atoms with van der Waals surface area (Å²) >= 11 is 0. The normalized spacial score (nSPS) is 19.9. The molecule has 0 aliphatic carbocycles. The Balaban J connectivity index is 2.01. The molecule has 4 nitrogen and oxygen atoms in total. The largest absolute Gasteiger partial charge is 0.337 e. The molecular weight excluding hydrogens is 212 g/mol. The Kier molecular flexibility index (Phi) is 4.31. The predicted molar refractivity (Wildman–Crippen MR) is 70.1 cm³/mol. The lowest BCUT2D eigenvalue weighted by Gasteiger charge is -2.23. The van der Waals surface area contributed by atoms with E-state index in [4.69, 9.17) is 5.73 Å². The molecule has 0 amide bonds. The summed E-state index contributed by atoms with van der Waals surface area (Å²) in [5.74, 6) is 0.846. The fourth-order valence-corrected chi connectivity index (χ4v) is 2.35. The molecule has 1 fully saturated rings. The number of aromatic nitrogens is 2. The molecule has 94 valence electrons. The number of anilines is 1. The lowest BCUT2D eigenvalue weighted by Crippen LogP contribution is -2.36. The van der Waals surface area contributed by atoms with E-state index in [0.717, 1.165) is 25.3 Å². The van der Waals surface area contributed by atoms with Crippen molar-refractivity contribution in [1.29, 1.82) is 0 Å². The summed E-state index contributed by atoms with van der Waals surface area (Å²) in [5.41, 5.74) is 7.00. The van der Waals surface area contributed by atoms with Crippen molar-refractivity contribution in [2.75, 3.05) is 18.0 Å². The van der Waals surface area contributed by atoms with Crippen molar-refractivity contribution in [2.45, 2.75) is 45.1 Å². The van der Waals surface area contributed by atoms with Crippen LogP contribution in [0.25, 0.3) is 0 Å². The van der Waals surface area contributed by atoms with Gasteiger partial charge in [-0.2, -0.15) is 0 Å². The average molecular weight is 234 g/mol. The summed E-state index contributed by atoms with van der Waals surface area (Å²) in [6.07, 6.45) is 9.78. The number of nitrogens with zero attached hydrogens (tertiary/aromatic N) is 3. The van der Waals surface area contributed by atoms with Gasteiger partial charge in [-0.15, -0.1) is 0 Å². The van der Waals surface area contributed by atoms with Crippen molar-refractivity contribution in [3.8, 4) is 0 Å². The lowest BCUT2D eigenvalue weighted by atomic mass is 10.1. The maximum Gasteiger partial charge on any atom is 0.225 e. The number of rotatable bonds is 5. The van der Waals surface area contributed by atoms with Crippen LogP contribution in [-0.2, 0) is 6.42 Å². The Bertz CT molecular complexity index is 336. The molecule has 1 aliphatic heterocycles. The van der Waals surface area contributed by atoms with Crippen LogP contribution in [0.3, 0.4) is 0 Å². The standard InChI is InChI=1S/C13H22N4/c1-2-3-5-11-9-15-13(16-10-11)17-7-4-6-12(17)8-14/h9-10,12H,2-8,14H2,1H3. The number of hydrogen-bond donors (Lipinski definition) is 1. The van der Waals surface area contributed by atoms with Crippen LogP contribution in [0, 0.1) is 0 Å². The van der Waals surface area contributed by atoms with Gasteiger partial charge in [0.2, 0.25) is 5.95 Å². The van der Waals surface area contributed by atoms with Crippen molar-refractivity contribution in [3.63, 3.8) is 0 Å². The highest BCUT2D eigenvalue weighted by Crippen LogP contribution is 2.21. The minimum Gasteiger partial charge on any atom is -0.337 e. The summed E-state index contributed by atoms with van der Waals surface area (Å²) in [4.78, 5) is 11.2. The summed E-state index contributed by atoms with van der Waals surface area (Å²) in [7, 11) is 0. The zero-order valence-electron chi connectivity index (χ0n) is 10.6. The molecule has 2 heterocycles. The van der Waals surface area contributed by atoms with E-state index in [1.54, 1.807) is 0 Å². The van der Waals surface area contributed by atoms with E-state index < -0.39 is 0 Å². The smallest absolute Gasteiger partial charge is 0.225 e. The molecule has 0 bridgehead atoms. The van der Waals surface area contributed by atoms with Crippen LogP contribution in [0.15, 0.2) is 12.4 Å². The molecule has 4 heteroatoms. The summed E-state index contributed by atoms with van der Waals surface area (Å²) < 4.78 is 0. The predicted octanol–water partition coefficient (Wildman–Crippen LogP) is 1.75. The summed E-state index contributed by atoms with van der Waals surface area (Å²) in [6, 6.07) is 0.427. The molecule has 2 rings (SSSR count). The minimum absolute atomic E-state index is 0.427. The van der Waals surface area contributed by atoms with Crippen molar-refractivity contribution >= 4 is 5.95 Å². The van der Waals surface area contributed by atoms with Gasteiger partial charge in [-0.25, -0.2) is 9.97 Å². The van der Waals surface area contributed by atoms with Crippen LogP contribution in [-0.4, -0.2) is 29.1 Å². The van der Waals surface area contributed by atoms with Crippen LogP contribution in [0.1, 0.15) is 38.2 Å². The quantitative estimate of drug-likeness (QED) is 0.843. The molecule has 1 saturated heterocycles. The van der Waals surface area contributed by atoms with Crippen molar-refractivity contribution in [3.05, 3.63) is 18.0 Å². The maximum absolute atomic E-state index is 5.76. The van der Waals surface area contributed by atoms with E-state index in [1.807, 2.05) is 12.4 Å². The fourth-order valence-electron chi connectivity index (χ4n) is 2.35. The number of hydrogen-bond acceptors (Lipinski definition) is 4. The topological polar surface area (TPSA) is 55.0 Å². The van der Waals surface area contributed by atoms with Crippen LogP contribution in [0.4, 0.5) is 5.95 Å². The molecule has 1 unspecified atom stereocenters. The van der Waals surface area contributed by atoms with Crippen LogP contribution < -0.4 is 10.6 Å². The van der Waals surface area contributed by atoms with Crippen molar-refractivity contribution in [1.82, 2.24) is 9.97 Å². The van der Waals surface area contributed by atoms with Gasteiger partial charge in [-0.1, -0.05) is 13.3 Å². The molecule has 17 heavy (non-hydrogen) atoms. The van der Waals surface area contributed by atoms with Gasteiger partial charge in [0.1, 0.15) is 0 Å². The lowest BCUT2D eigenvalue weighted by molar-refractivity contribution is 0.663. The first-order valence-electron chi connectivity index (χ1n) is 6.62. The van der Waals surface area contributed by atoms with Crippen LogP contribution >= 0.6 is 0 Å². The van der Waals surface area contributed by atoms with E-state index in [2.05, 4.69) is 21.8 Å². The first-order valence-corrected chi connectivity index (χ1v) is 6.62. The third-order valence-electron chi connectivity index (χ3n) is 3.42. The van der Waals surface area contributed by atoms with Gasteiger partial charge in [0.15, 0.2) is 0 Å². The first-order chi connectivity index (χ1) is 8.35. The third-order valence-corrected chi connectivity index (χ3v) is 3.42. The Morgan fingerprint density at radius 2 is 2.18 bits per heavy atom. The number of unbranched alkanes of at least 4 members (excludes halogenated alkanes) is 1. The van der Waals surface area contributed by atoms with Gasteiger partial charge in [0, 0.05) is 31.5 Å². The highest BCUT2D eigenvalue weighted by Gasteiger charge is 2.24. The molecule has 0 aromatic carbocycles. The van der Waals surface area contributed by atoms with Gasteiger partial charge in [-0.3, -0.25) is 0 Å². The molecule has 1 aromatic heterocycles. The summed E-state index contributed by atoms with van der Waals surface area (Å²) in [5, 5.41) is 0. The highest BCUT2D eigenvalue weighted by atomic mass is 15.3. The minimum atomic E-state index is 0.427. The number of nitrogens with two attached hydrogens (primary N) is 1. The Hall–Kier alpha value is -1.16. The Labute approximate surface area is 103 Å². The Morgan fingerprint density at radius 1 is 1.41 bits per heavy atom. The zero-order valence-corrected chi connectivity index (χ0v) is 10.6. The second-order valence-corrected chi connectivity index (χ2v) is 4.72. The molecule has 1 atom stereocenters. The second kappa shape index (κ2) is 5.96. The fraction of sp³-hybridized carbons (Fsp3) is 0.692. The van der Waals surface area contributed by atoms with Gasteiger partial charge < -0.3 is 10.6 Å². The van der Waals surface area contributed by atoms with Gasteiger partial charge in [0.05, 0.1) is 0 Å². The highest BCUT2D eigenvalue weighted by molar-refractivity contribution is 5.33. The van der Waals surface area contributed by atoms with E-state index in [1.165, 1.54) is 24.8 Å². The van der Waals surface area contributed by atoms with E-state index >= 15 is 0 Å². The van der Waals surface area contributed by atoms with Crippen molar-refractivity contribution in [2.24, 2.45) is 5.73 Å². The molecule has 1 aromatic rings. The van der Waals surface area contributed by atoms with E-state index in [9.17, 15) is 0 Å². The van der Waals surface area contributed by atoms with Crippen molar-refractivity contribution < 1.29 is 0 Å². The second-order valence-electron chi connectivity index (χ2n) is 4.72. The molecular formula is C13H22N4. The molecule has 0 spiro atoms. The first kappa shape index (κ1) is 12.3. The monoisotopic (exact) mass is 234 g/mol. The Morgan fingerprint density at radius 3 is 2.82 bits per heavy atom. The number of aryl methyl sites for hydroxylation is 1. The third kappa shape index (κ3) is 2.94. The van der Waals surface area contributed by atoms with Gasteiger partial charge in [0.25, 0.3) is 0 Å². The van der Waals surface area contributed by atoms with E-state index in [0.29, 0.717) is 12.6 Å². The molecule has 2 N–H and O–H groups in total. The van der Waals surface area contributed by atoms with E-state index in [-0.39, 0.29) is 0 Å². The summed E-state index contributed by atoms with van der Waals surface area (Å²) in [6.45, 7) is 3.93. The average Bonchev–Trinajstić information content (AvgIpc) is 2.85. The van der Waals surface area contributed by atoms with Gasteiger partial charge >= 0.3 is 0 Å². The maximum atomic E-state index is 5.76. The SMILES string of the molecule is CCCCc1cnc(N2CCCC2CN)nc1. The van der Waals surface area contributed by atoms with Gasteiger partial charge in [-0.05, 0) is 31.2 Å². The molecule has 1 aliphatic rings. The van der Waals surface area contributed by atoms with Crippen LogP contribution in [0.2, 0.25) is 0 Å². The molecule has 0 saturated carbocycles. The molecule has 0 radical (unpaired) electrons. The van der Waals surface area contributed by atoms with Crippen LogP contribution in [0.5, 0.6) is 0 Å². The zero-order chi connectivity index (χ0) is 12.1.